The van der Waals surface area contributed by atoms with Crippen LogP contribution in [-0.4, -0.2) is 22.1 Å². The van der Waals surface area contributed by atoms with Crippen LogP contribution in [0.3, 0.4) is 0 Å². The number of carbonyl (C=O) groups excluding carboxylic acids is 1. The van der Waals surface area contributed by atoms with Gasteiger partial charge in [-0.3, -0.25) is 9.36 Å². The molecule has 1 N–H and O–H groups in total. The molecule has 0 aromatic carbocycles. The van der Waals surface area contributed by atoms with Crippen molar-refractivity contribution in [3.8, 4) is 0 Å². The molecule has 0 spiro atoms. The number of rotatable bonds is 4. The van der Waals surface area contributed by atoms with Gasteiger partial charge in [-0.1, -0.05) is 13.8 Å². The Bertz CT molecular complexity index is 513. The molecule has 1 aromatic heterocycles. The zero-order valence-corrected chi connectivity index (χ0v) is 10.1. The van der Waals surface area contributed by atoms with E-state index in [-0.39, 0.29) is 24.6 Å². The zero-order valence-electron chi connectivity index (χ0n) is 10.1. The summed E-state index contributed by atoms with van der Waals surface area (Å²) >= 11 is 0. The van der Waals surface area contributed by atoms with E-state index in [0.29, 0.717) is 0 Å². The number of H-pyrrole nitrogens is 1. The number of nitrogens with zero attached hydrogens (tertiary/aromatic N) is 1. The SMILES string of the molecule is CCOC(=O)c1c[nH]c(=O)n(CC(C)C)c1=O. The summed E-state index contributed by atoms with van der Waals surface area (Å²) in [6.07, 6.45) is 1.10. The van der Waals surface area contributed by atoms with Gasteiger partial charge < -0.3 is 9.72 Å². The van der Waals surface area contributed by atoms with Crippen LogP contribution in [0.25, 0.3) is 0 Å². The first kappa shape index (κ1) is 13.2. The van der Waals surface area contributed by atoms with Crippen molar-refractivity contribution in [2.45, 2.75) is 27.3 Å². The van der Waals surface area contributed by atoms with Crippen molar-refractivity contribution in [2.24, 2.45) is 5.92 Å². The molecule has 0 aliphatic rings. The van der Waals surface area contributed by atoms with Gasteiger partial charge in [0.15, 0.2) is 0 Å². The smallest absolute Gasteiger partial charge is 0.345 e. The highest BCUT2D eigenvalue weighted by atomic mass is 16.5. The Kier molecular flexibility index (Phi) is 4.25. The second-order valence-electron chi connectivity index (χ2n) is 4.04. The van der Waals surface area contributed by atoms with Crippen LogP contribution in [0.5, 0.6) is 0 Å². The van der Waals surface area contributed by atoms with E-state index in [1.54, 1.807) is 6.92 Å². The molecule has 1 rings (SSSR count). The fraction of sp³-hybridized carbons (Fsp3) is 0.545. The van der Waals surface area contributed by atoms with E-state index in [1.807, 2.05) is 13.8 Å². The molecule has 1 heterocycles. The van der Waals surface area contributed by atoms with Gasteiger partial charge in [0.1, 0.15) is 5.56 Å². The third-order valence-corrected chi connectivity index (χ3v) is 2.10. The van der Waals surface area contributed by atoms with Crippen LogP contribution in [0.1, 0.15) is 31.1 Å². The second-order valence-corrected chi connectivity index (χ2v) is 4.04. The first-order chi connectivity index (χ1) is 7.97. The maximum absolute atomic E-state index is 11.9. The van der Waals surface area contributed by atoms with Gasteiger partial charge in [-0.05, 0) is 12.8 Å². The van der Waals surface area contributed by atoms with E-state index in [0.717, 1.165) is 10.8 Å². The molecule has 0 fully saturated rings. The fourth-order valence-electron chi connectivity index (χ4n) is 1.40. The van der Waals surface area contributed by atoms with Crippen LogP contribution in [-0.2, 0) is 11.3 Å². The number of esters is 1. The Labute approximate surface area is 98.2 Å². The highest BCUT2D eigenvalue weighted by Gasteiger charge is 2.15. The third-order valence-electron chi connectivity index (χ3n) is 2.10. The standard InChI is InChI=1S/C11H16N2O4/c1-4-17-10(15)8-5-12-11(16)13(9(8)14)6-7(2)3/h5,7H,4,6H2,1-3H3,(H,12,16). The summed E-state index contributed by atoms with van der Waals surface area (Å²) in [7, 11) is 0. The Morgan fingerprint density at radius 3 is 2.65 bits per heavy atom. The third kappa shape index (κ3) is 3.05. The summed E-state index contributed by atoms with van der Waals surface area (Å²) in [5.41, 5.74) is -1.27. The molecule has 6 heteroatoms. The number of aromatic amines is 1. The zero-order chi connectivity index (χ0) is 13.0. The predicted octanol–water partition coefficient (Wildman–Crippen LogP) is 0.369. The van der Waals surface area contributed by atoms with Crippen LogP contribution in [0.2, 0.25) is 0 Å². The second kappa shape index (κ2) is 5.47. The van der Waals surface area contributed by atoms with Crippen molar-refractivity contribution in [2.75, 3.05) is 6.61 Å². The molecule has 0 radical (unpaired) electrons. The maximum Gasteiger partial charge on any atom is 0.345 e. The van der Waals surface area contributed by atoms with Crippen LogP contribution < -0.4 is 11.2 Å². The summed E-state index contributed by atoms with van der Waals surface area (Å²) in [4.78, 5) is 37.2. The Morgan fingerprint density at radius 2 is 2.12 bits per heavy atom. The largest absolute Gasteiger partial charge is 0.462 e. The molecule has 0 amide bonds. The highest BCUT2D eigenvalue weighted by Crippen LogP contribution is 1.95. The topological polar surface area (TPSA) is 81.2 Å². The summed E-state index contributed by atoms with van der Waals surface area (Å²) in [6.45, 7) is 5.85. The quantitative estimate of drug-likeness (QED) is 0.771. The Morgan fingerprint density at radius 1 is 1.47 bits per heavy atom. The van der Waals surface area contributed by atoms with Crippen molar-refractivity contribution < 1.29 is 9.53 Å². The Hall–Kier alpha value is -1.85. The normalized spacial score (nSPS) is 10.6. The minimum absolute atomic E-state index is 0.131. The number of hydrogen-bond acceptors (Lipinski definition) is 4. The molecule has 6 nitrogen and oxygen atoms in total. The van der Waals surface area contributed by atoms with Gasteiger partial charge in [-0.15, -0.1) is 0 Å². The molecule has 94 valence electrons. The number of carbonyl (C=O) groups is 1. The lowest BCUT2D eigenvalue weighted by atomic mass is 10.2. The molecule has 0 saturated carbocycles. The van der Waals surface area contributed by atoms with Crippen LogP contribution in [0.15, 0.2) is 15.8 Å². The van der Waals surface area contributed by atoms with Crippen molar-refractivity contribution in [3.63, 3.8) is 0 Å². The molecule has 0 aliphatic carbocycles. The summed E-state index contributed by atoms with van der Waals surface area (Å²) in [5.74, 6) is -0.586. The number of hydrogen-bond donors (Lipinski definition) is 1. The van der Waals surface area contributed by atoms with Gasteiger partial charge in [-0.2, -0.15) is 0 Å². The van der Waals surface area contributed by atoms with E-state index in [4.69, 9.17) is 4.74 Å². The predicted molar refractivity (Wildman–Crippen MR) is 62.1 cm³/mol. The molecule has 0 saturated heterocycles. The van der Waals surface area contributed by atoms with E-state index in [1.165, 1.54) is 0 Å². The summed E-state index contributed by atoms with van der Waals surface area (Å²) < 4.78 is 5.75. The van der Waals surface area contributed by atoms with Gasteiger partial charge in [0, 0.05) is 12.7 Å². The number of aromatic nitrogens is 2. The molecule has 0 atom stereocenters. The van der Waals surface area contributed by atoms with Crippen LogP contribution >= 0.6 is 0 Å². The van der Waals surface area contributed by atoms with Gasteiger partial charge in [-0.25, -0.2) is 9.59 Å². The van der Waals surface area contributed by atoms with Gasteiger partial charge in [0.25, 0.3) is 5.56 Å². The van der Waals surface area contributed by atoms with Gasteiger partial charge in [0.05, 0.1) is 6.61 Å². The molecule has 1 aromatic rings. The molecule has 0 bridgehead atoms. The van der Waals surface area contributed by atoms with E-state index >= 15 is 0 Å². The Balaban J connectivity index is 3.24. The van der Waals surface area contributed by atoms with Crippen molar-refractivity contribution in [1.29, 1.82) is 0 Å². The number of nitrogens with one attached hydrogen (secondary N) is 1. The van der Waals surface area contributed by atoms with Gasteiger partial charge in [0.2, 0.25) is 0 Å². The lowest BCUT2D eigenvalue weighted by Gasteiger charge is -2.08. The van der Waals surface area contributed by atoms with E-state index in [2.05, 4.69) is 4.98 Å². The highest BCUT2D eigenvalue weighted by molar-refractivity contribution is 5.88. The maximum atomic E-state index is 11.9. The van der Waals surface area contributed by atoms with Crippen molar-refractivity contribution in [3.05, 3.63) is 32.6 Å². The minimum Gasteiger partial charge on any atom is -0.462 e. The van der Waals surface area contributed by atoms with E-state index in [9.17, 15) is 14.4 Å². The molecule has 17 heavy (non-hydrogen) atoms. The van der Waals surface area contributed by atoms with Crippen LogP contribution in [0.4, 0.5) is 0 Å². The fourth-order valence-corrected chi connectivity index (χ4v) is 1.40. The molecular weight excluding hydrogens is 224 g/mol. The molecule has 0 unspecified atom stereocenters. The lowest BCUT2D eigenvalue weighted by Crippen LogP contribution is -2.39. The average Bonchev–Trinajstić information content (AvgIpc) is 2.24. The first-order valence-electron chi connectivity index (χ1n) is 5.47. The summed E-state index contributed by atoms with van der Waals surface area (Å²) in [5, 5.41) is 0. The van der Waals surface area contributed by atoms with E-state index < -0.39 is 17.2 Å². The van der Waals surface area contributed by atoms with Crippen LogP contribution in [0, 0.1) is 5.92 Å². The monoisotopic (exact) mass is 240 g/mol. The first-order valence-corrected chi connectivity index (χ1v) is 5.47. The summed E-state index contributed by atoms with van der Waals surface area (Å²) in [6, 6.07) is 0. The minimum atomic E-state index is -0.716. The lowest BCUT2D eigenvalue weighted by molar-refractivity contribution is 0.0522. The van der Waals surface area contributed by atoms with Gasteiger partial charge >= 0.3 is 11.7 Å². The van der Waals surface area contributed by atoms with Crippen molar-refractivity contribution >= 4 is 5.97 Å². The molecule has 0 aliphatic heterocycles. The molecular formula is C11H16N2O4. The average molecular weight is 240 g/mol. The van der Waals surface area contributed by atoms with Crippen molar-refractivity contribution in [1.82, 2.24) is 9.55 Å². The number of ether oxygens (including phenoxy) is 1.